The lowest BCUT2D eigenvalue weighted by Gasteiger charge is -2.06. The van der Waals surface area contributed by atoms with Crippen molar-refractivity contribution in [2.75, 3.05) is 11.9 Å². The monoisotopic (exact) mass is 331 g/mol. The molecule has 0 fully saturated rings. The number of hydrogen-bond donors (Lipinski definition) is 1. The number of aryl methyl sites for hydroxylation is 1. The van der Waals surface area contributed by atoms with Crippen molar-refractivity contribution < 1.29 is 4.74 Å². The van der Waals surface area contributed by atoms with Gasteiger partial charge in [-0.25, -0.2) is 0 Å². The highest BCUT2D eigenvalue weighted by molar-refractivity contribution is 5.61. The summed E-state index contributed by atoms with van der Waals surface area (Å²) in [5, 5.41) is 12.0. The predicted molar refractivity (Wildman–Crippen MR) is 103 cm³/mol. The molecule has 4 heteroatoms. The number of hydrogen-bond acceptors (Lipinski definition) is 4. The largest absolute Gasteiger partial charge is 0.494 e. The fourth-order valence-corrected chi connectivity index (χ4v) is 2.36. The van der Waals surface area contributed by atoms with Crippen LogP contribution in [0.4, 0.5) is 22.7 Å². The molecule has 0 saturated heterocycles. The molecular formula is C21H21N3O. The van der Waals surface area contributed by atoms with Gasteiger partial charge in [0, 0.05) is 17.4 Å². The Balaban J connectivity index is 1.71. The highest BCUT2D eigenvalue weighted by atomic mass is 16.5. The zero-order valence-corrected chi connectivity index (χ0v) is 14.4. The van der Waals surface area contributed by atoms with Gasteiger partial charge in [0.15, 0.2) is 0 Å². The normalized spacial score (nSPS) is 10.8. The second-order valence-electron chi connectivity index (χ2n) is 5.62. The molecule has 4 nitrogen and oxygen atoms in total. The van der Waals surface area contributed by atoms with Crippen molar-refractivity contribution in [3.05, 3.63) is 78.4 Å². The molecule has 0 aromatic heterocycles. The third-order valence-corrected chi connectivity index (χ3v) is 3.69. The first-order valence-electron chi connectivity index (χ1n) is 8.32. The first-order valence-corrected chi connectivity index (χ1v) is 8.32. The van der Waals surface area contributed by atoms with Gasteiger partial charge in [0.2, 0.25) is 0 Å². The summed E-state index contributed by atoms with van der Waals surface area (Å²) in [4.78, 5) is 0. The summed E-state index contributed by atoms with van der Waals surface area (Å²) in [5.74, 6) is 0.810. The number of ether oxygens (including phenoxy) is 1. The number of rotatable bonds is 6. The van der Waals surface area contributed by atoms with Gasteiger partial charge in [0.25, 0.3) is 0 Å². The van der Waals surface area contributed by atoms with Crippen LogP contribution in [-0.2, 0) is 0 Å². The minimum atomic E-state index is 0.634. The Morgan fingerprint density at radius 3 is 2.28 bits per heavy atom. The molecule has 0 aliphatic carbocycles. The topological polar surface area (TPSA) is 46.0 Å². The molecule has 0 heterocycles. The van der Waals surface area contributed by atoms with Crippen LogP contribution in [0.25, 0.3) is 0 Å². The van der Waals surface area contributed by atoms with Crippen LogP contribution in [0.1, 0.15) is 12.5 Å². The molecule has 0 unspecified atom stereocenters. The van der Waals surface area contributed by atoms with Gasteiger partial charge < -0.3 is 10.1 Å². The Bertz CT molecular complexity index is 843. The molecule has 0 amide bonds. The zero-order chi connectivity index (χ0) is 17.5. The van der Waals surface area contributed by atoms with Crippen molar-refractivity contribution in [3.8, 4) is 5.75 Å². The lowest BCUT2D eigenvalue weighted by molar-refractivity contribution is 0.340. The van der Waals surface area contributed by atoms with Crippen LogP contribution in [0.15, 0.2) is 83.0 Å². The minimum absolute atomic E-state index is 0.634. The van der Waals surface area contributed by atoms with Crippen molar-refractivity contribution in [1.29, 1.82) is 0 Å². The Morgan fingerprint density at radius 1 is 0.840 bits per heavy atom. The van der Waals surface area contributed by atoms with E-state index in [0.29, 0.717) is 6.61 Å². The van der Waals surface area contributed by atoms with E-state index in [0.717, 1.165) is 34.1 Å². The first-order chi connectivity index (χ1) is 12.2. The van der Waals surface area contributed by atoms with Gasteiger partial charge in [-0.1, -0.05) is 24.3 Å². The van der Waals surface area contributed by atoms with Crippen LogP contribution in [0.3, 0.4) is 0 Å². The maximum atomic E-state index is 5.52. The van der Waals surface area contributed by atoms with E-state index in [9.17, 15) is 0 Å². The summed E-state index contributed by atoms with van der Waals surface area (Å²) in [6.45, 7) is 4.61. The third-order valence-electron chi connectivity index (χ3n) is 3.69. The fraction of sp³-hybridized carbons (Fsp3) is 0.143. The molecule has 126 valence electrons. The van der Waals surface area contributed by atoms with Crippen molar-refractivity contribution in [2.45, 2.75) is 13.8 Å². The number of anilines is 2. The zero-order valence-electron chi connectivity index (χ0n) is 14.4. The molecule has 0 saturated carbocycles. The molecule has 3 rings (SSSR count). The van der Waals surface area contributed by atoms with Crippen LogP contribution in [-0.4, -0.2) is 6.61 Å². The van der Waals surface area contributed by atoms with E-state index in [1.165, 1.54) is 0 Å². The summed E-state index contributed by atoms with van der Waals surface area (Å²) in [6.07, 6.45) is 0. The van der Waals surface area contributed by atoms with E-state index >= 15 is 0 Å². The maximum absolute atomic E-state index is 5.52. The molecular weight excluding hydrogens is 310 g/mol. The van der Waals surface area contributed by atoms with Crippen LogP contribution in [0.2, 0.25) is 0 Å². The summed E-state index contributed by atoms with van der Waals surface area (Å²) < 4.78 is 5.52. The SMILES string of the molecule is CCOc1ccc(C)c(N=Nc2ccc(Nc3ccccc3)cc2)c1. The average Bonchev–Trinajstić information content (AvgIpc) is 2.64. The van der Waals surface area contributed by atoms with E-state index in [-0.39, 0.29) is 0 Å². The Kier molecular flexibility index (Phi) is 5.42. The van der Waals surface area contributed by atoms with Gasteiger partial charge in [-0.15, -0.1) is 0 Å². The van der Waals surface area contributed by atoms with Gasteiger partial charge in [0.1, 0.15) is 5.75 Å². The maximum Gasteiger partial charge on any atom is 0.121 e. The van der Waals surface area contributed by atoms with E-state index in [1.54, 1.807) is 0 Å². The Morgan fingerprint density at radius 2 is 1.56 bits per heavy atom. The lowest BCUT2D eigenvalue weighted by Crippen LogP contribution is -1.90. The fourth-order valence-electron chi connectivity index (χ4n) is 2.36. The number of para-hydroxylation sites is 1. The van der Waals surface area contributed by atoms with E-state index in [4.69, 9.17) is 4.74 Å². The highest BCUT2D eigenvalue weighted by Crippen LogP contribution is 2.27. The number of nitrogens with one attached hydrogen (secondary N) is 1. The quantitative estimate of drug-likeness (QED) is 0.520. The smallest absolute Gasteiger partial charge is 0.121 e. The van der Waals surface area contributed by atoms with E-state index < -0.39 is 0 Å². The summed E-state index contributed by atoms with van der Waals surface area (Å²) in [7, 11) is 0. The van der Waals surface area contributed by atoms with Crippen molar-refractivity contribution in [3.63, 3.8) is 0 Å². The molecule has 3 aromatic rings. The number of benzene rings is 3. The van der Waals surface area contributed by atoms with Crippen molar-refractivity contribution in [1.82, 2.24) is 0 Å². The minimum Gasteiger partial charge on any atom is -0.494 e. The number of azo groups is 1. The van der Waals surface area contributed by atoms with Gasteiger partial charge in [-0.2, -0.15) is 10.2 Å². The molecule has 0 bridgehead atoms. The van der Waals surface area contributed by atoms with Gasteiger partial charge in [-0.05, 0) is 61.9 Å². The molecule has 0 aliphatic heterocycles. The molecule has 1 N–H and O–H groups in total. The van der Waals surface area contributed by atoms with Crippen LogP contribution in [0, 0.1) is 6.92 Å². The van der Waals surface area contributed by atoms with Crippen LogP contribution < -0.4 is 10.1 Å². The molecule has 3 aromatic carbocycles. The van der Waals surface area contributed by atoms with Crippen molar-refractivity contribution in [2.24, 2.45) is 10.2 Å². The number of nitrogens with zero attached hydrogens (tertiary/aromatic N) is 2. The summed E-state index contributed by atoms with van der Waals surface area (Å²) >= 11 is 0. The average molecular weight is 331 g/mol. The third kappa shape index (κ3) is 4.67. The standard InChI is InChI=1S/C21H21N3O/c1-3-25-20-14-9-16(2)21(15-20)24-23-19-12-10-18(11-13-19)22-17-7-5-4-6-8-17/h4-15,22H,3H2,1-2H3. The predicted octanol–water partition coefficient (Wildman–Crippen LogP) is 6.55. The Labute approximate surface area is 148 Å². The summed E-state index contributed by atoms with van der Waals surface area (Å²) in [6, 6.07) is 23.8. The molecule has 0 radical (unpaired) electrons. The van der Waals surface area contributed by atoms with Crippen LogP contribution in [0.5, 0.6) is 5.75 Å². The Hall–Kier alpha value is -3.14. The lowest BCUT2D eigenvalue weighted by atomic mass is 10.2. The molecule has 0 aliphatic rings. The second-order valence-corrected chi connectivity index (χ2v) is 5.62. The van der Waals surface area contributed by atoms with Gasteiger partial charge >= 0.3 is 0 Å². The van der Waals surface area contributed by atoms with E-state index in [1.807, 2.05) is 86.6 Å². The molecule has 0 atom stereocenters. The molecule has 0 spiro atoms. The van der Waals surface area contributed by atoms with Crippen LogP contribution >= 0.6 is 0 Å². The van der Waals surface area contributed by atoms with Gasteiger partial charge in [0.05, 0.1) is 18.0 Å². The summed E-state index contributed by atoms with van der Waals surface area (Å²) in [5.41, 5.74) is 4.76. The van der Waals surface area contributed by atoms with E-state index in [2.05, 4.69) is 15.5 Å². The highest BCUT2D eigenvalue weighted by Gasteiger charge is 2.00. The second kappa shape index (κ2) is 8.11. The van der Waals surface area contributed by atoms with Crippen molar-refractivity contribution >= 4 is 22.7 Å². The van der Waals surface area contributed by atoms with Gasteiger partial charge in [-0.3, -0.25) is 0 Å². The molecule has 25 heavy (non-hydrogen) atoms. The first kappa shape index (κ1) is 16.7.